The number of carbonyl (C=O) groups is 1. The molecular weight excluding hydrogens is 316 g/mol. The molecule has 0 atom stereocenters. The average molecular weight is 336 g/mol. The molecule has 2 heterocycles. The SMILES string of the molecule is COCCn1c(C(=O)N2CCCCS2(=O)=O)cc2ccccc21. The Bertz CT molecular complexity index is 826. The van der Waals surface area contributed by atoms with Gasteiger partial charge >= 0.3 is 0 Å². The first-order valence-corrected chi connectivity index (χ1v) is 9.27. The van der Waals surface area contributed by atoms with Crippen LogP contribution in [0.2, 0.25) is 0 Å². The molecule has 1 amide bonds. The molecule has 0 aliphatic carbocycles. The van der Waals surface area contributed by atoms with Crippen molar-refractivity contribution in [2.45, 2.75) is 19.4 Å². The minimum atomic E-state index is -3.51. The standard InChI is InChI=1S/C16H20N2O4S/c1-22-10-9-17-14-7-3-2-6-13(14)12-15(17)16(19)18-8-4-5-11-23(18,20)21/h2-3,6-7,12H,4-5,8-11H2,1H3. The largest absolute Gasteiger partial charge is 0.383 e. The number of rotatable bonds is 4. The zero-order chi connectivity index (χ0) is 16.4. The van der Waals surface area contributed by atoms with Crippen LogP contribution in [0.1, 0.15) is 23.3 Å². The lowest BCUT2D eigenvalue weighted by Crippen LogP contribution is -2.43. The maximum absolute atomic E-state index is 12.9. The minimum Gasteiger partial charge on any atom is -0.383 e. The van der Waals surface area contributed by atoms with Crippen molar-refractivity contribution in [3.63, 3.8) is 0 Å². The molecule has 2 aromatic rings. The highest BCUT2D eigenvalue weighted by molar-refractivity contribution is 7.89. The van der Waals surface area contributed by atoms with Gasteiger partial charge < -0.3 is 9.30 Å². The normalized spacial score (nSPS) is 17.5. The van der Waals surface area contributed by atoms with Crippen LogP contribution in [0, 0.1) is 0 Å². The molecule has 1 aromatic heterocycles. The van der Waals surface area contributed by atoms with Gasteiger partial charge in [-0.05, 0) is 25.0 Å². The van der Waals surface area contributed by atoms with E-state index in [-0.39, 0.29) is 12.3 Å². The van der Waals surface area contributed by atoms with E-state index in [1.54, 1.807) is 13.2 Å². The summed E-state index contributed by atoms with van der Waals surface area (Å²) in [5, 5.41) is 0.918. The van der Waals surface area contributed by atoms with Crippen LogP contribution in [0.15, 0.2) is 30.3 Å². The molecule has 23 heavy (non-hydrogen) atoms. The van der Waals surface area contributed by atoms with Gasteiger partial charge in [-0.2, -0.15) is 0 Å². The first-order valence-electron chi connectivity index (χ1n) is 7.66. The van der Waals surface area contributed by atoms with Gasteiger partial charge in [0.2, 0.25) is 10.0 Å². The summed E-state index contributed by atoms with van der Waals surface area (Å²) in [4.78, 5) is 12.9. The van der Waals surface area contributed by atoms with Crippen molar-refractivity contribution in [3.05, 3.63) is 36.0 Å². The van der Waals surface area contributed by atoms with Gasteiger partial charge in [0.05, 0.1) is 12.4 Å². The smallest absolute Gasteiger partial charge is 0.283 e. The second kappa shape index (κ2) is 6.33. The molecular formula is C16H20N2O4S. The predicted octanol–water partition coefficient (Wildman–Crippen LogP) is 1.85. The molecule has 1 aromatic carbocycles. The third-order valence-corrected chi connectivity index (χ3v) is 5.95. The summed E-state index contributed by atoms with van der Waals surface area (Å²) in [6.07, 6.45) is 1.32. The van der Waals surface area contributed by atoms with Crippen molar-refractivity contribution in [1.82, 2.24) is 8.87 Å². The van der Waals surface area contributed by atoms with E-state index in [4.69, 9.17) is 4.74 Å². The summed E-state index contributed by atoms with van der Waals surface area (Å²) in [5.74, 6) is -0.408. The van der Waals surface area contributed by atoms with Gasteiger partial charge in [0, 0.05) is 31.1 Å². The number of ether oxygens (including phenoxy) is 1. The number of methoxy groups -OCH3 is 1. The topological polar surface area (TPSA) is 68.6 Å². The number of aromatic nitrogens is 1. The van der Waals surface area contributed by atoms with Gasteiger partial charge in [0.15, 0.2) is 0 Å². The van der Waals surface area contributed by atoms with Crippen LogP contribution in [0.3, 0.4) is 0 Å². The van der Waals surface area contributed by atoms with Crippen molar-refractivity contribution >= 4 is 26.8 Å². The molecule has 1 aliphatic rings. The molecule has 0 spiro atoms. The van der Waals surface area contributed by atoms with Crippen LogP contribution in [-0.2, 0) is 21.3 Å². The van der Waals surface area contributed by atoms with E-state index in [0.29, 0.717) is 31.7 Å². The lowest BCUT2D eigenvalue weighted by atomic mass is 10.2. The van der Waals surface area contributed by atoms with Crippen LogP contribution in [0.5, 0.6) is 0 Å². The summed E-state index contributed by atoms with van der Waals surface area (Å²) < 4.78 is 32.4. The maximum atomic E-state index is 12.9. The lowest BCUT2D eigenvalue weighted by molar-refractivity contribution is 0.0843. The van der Waals surface area contributed by atoms with Crippen LogP contribution in [0.25, 0.3) is 10.9 Å². The van der Waals surface area contributed by atoms with Crippen LogP contribution >= 0.6 is 0 Å². The summed E-state index contributed by atoms with van der Waals surface area (Å²) in [5.41, 5.74) is 1.30. The van der Waals surface area contributed by atoms with E-state index in [9.17, 15) is 13.2 Å². The number of nitrogens with zero attached hydrogens (tertiary/aromatic N) is 2. The number of carbonyl (C=O) groups excluding carboxylic acids is 1. The average Bonchev–Trinajstić information content (AvgIpc) is 2.90. The van der Waals surface area contributed by atoms with E-state index < -0.39 is 15.9 Å². The van der Waals surface area contributed by atoms with Crippen LogP contribution in [0.4, 0.5) is 0 Å². The minimum absolute atomic E-state index is 0.0387. The Morgan fingerprint density at radius 2 is 2.04 bits per heavy atom. The van der Waals surface area contributed by atoms with Crippen molar-refractivity contribution < 1.29 is 17.9 Å². The molecule has 0 radical (unpaired) electrons. The van der Waals surface area contributed by atoms with Gasteiger partial charge in [-0.15, -0.1) is 0 Å². The van der Waals surface area contributed by atoms with Gasteiger partial charge in [0.25, 0.3) is 5.91 Å². The quantitative estimate of drug-likeness (QED) is 0.854. The summed E-state index contributed by atoms with van der Waals surface area (Å²) >= 11 is 0. The number of para-hydroxylation sites is 1. The van der Waals surface area contributed by atoms with E-state index in [0.717, 1.165) is 15.2 Å². The van der Waals surface area contributed by atoms with Gasteiger partial charge in [-0.25, -0.2) is 12.7 Å². The van der Waals surface area contributed by atoms with Gasteiger partial charge in [-0.1, -0.05) is 18.2 Å². The summed E-state index contributed by atoms with van der Waals surface area (Å²) in [6.45, 7) is 1.21. The Balaban J connectivity index is 2.05. The molecule has 1 aliphatic heterocycles. The van der Waals surface area contributed by atoms with E-state index in [2.05, 4.69) is 0 Å². The van der Waals surface area contributed by atoms with E-state index in [1.807, 2.05) is 28.8 Å². The Kier molecular flexibility index (Phi) is 4.41. The van der Waals surface area contributed by atoms with Crippen molar-refractivity contribution in [2.24, 2.45) is 0 Å². The van der Waals surface area contributed by atoms with Crippen LogP contribution < -0.4 is 0 Å². The molecule has 7 heteroatoms. The van der Waals surface area contributed by atoms with E-state index >= 15 is 0 Å². The van der Waals surface area contributed by atoms with Crippen molar-refractivity contribution in [2.75, 3.05) is 26.0 Å². The van der Waals surface area contributed by atoms with E-state index in [1.165, 1.54) is 0 Å². The first-order chi connectivity index (χ1) is 11.0. The second-order valence-electron chi connectivity index (χ2n) is 5.63. The summed E-state index contributed by atoms with van der Waals surface area (Å²) in [7, 11) is -1.91. The maximum Gasteiger partial charge on any atom is 0.283 e. The number of hydrogen-bond donors (Lipinski definition) is 0. The molecule has 124 valence electrons. The molecule has 3 rings (SSSR count). The van der Waals surface area contributed by atoms with Gasteiger partial charge in [0.1, 0.15) is 5.69 Å². The third kappa shape index (κ3) is 2.98. The zero-order valence-corrected chi connectivity index (χ0v) is 13.9. The molecule has 1 fully saturated rings. The molecule has 1 saturated heterocycles. The van der Waals surface area contributed by atoms with Crippen molar-refractivity contribution in [1.29, 1.82) is 0 Å². The Morgan fingerprint density at radius 3 is 2.78 bits per heavy atom. The first kappa shape index (κ1) is 16.0. The number of amides is 1. The van der Waals surface area contributed by atoms with Gasteiger partial charge in [-0.3, -0.25) is 4.79 Å². The van der Waals surface area contributed by atoms with Crippen molar-refractivity contribution in [3.8, 4) is 0 Å². The highest BCUT2D eigenvalue weighted by Gasteiger charge is 2.32. The second-order valence-corrected chi connectivity index (χ2v) is 7.65. The molecule has 6 nitrogen and oxygen atoms in total. The number of hydrogen-bond acceptors (Lipinski definition) is 4. The zero-order valence-electron chi connectivity index (χ0n) is 13.1. The third-order valence-electron chi connectivity index (χ3n) is 4.12. The highest BCUT2D eigenvalue weighted by atomic mass is 32.2. The number of benzene rings is 1. The fraction of sp³-hybridized carbons (Fsp3) is 0.438. The number of fused-ring (bicyclic) bond motifs is 1. The van der Waals surface area contributed by atoms with Crippen LogP contribution in [-0.4, -0.2) is 49.2 Å². The molecule has 0 unspecified atom stereocenters. The monoisotopic (exact) mass is 336 g/mol. The molecule has 0 saturated carbocycles. The summed E-state index contributed by atoms with van der Waals surface area (Å²) in [6, 6.07) is 9.40. The fourth-order valence-corrected chi connectivity index (χ4v) is 4.50. The Hall–Kier alpha value is -1.86. The fourth-order valence-electron chi connectivity index (χ4n) is 2.96. The molecule has 0 N–H and O–H groups in total. The Morgan fingerprint density at radius 1 is 1.26 bits per heavy atom. The number of sulfonamides is 1. The highest BCUT2D eigenvalue weighted by Crippen LogP contribution is 2.24. The predicted molar refractivity (Wildman–Crippen MR) is 87.9 cm³/mol. The molecule has 0 bridgehead atoms. The Labute approximate surface area is 135 Å². The lowest BCUT2D eigenvalue weighted by Gasteiger charge is -2.26.